The molecule has 7 nitrogen and oxygen atoms in total. The zero-order chi connectivity index (χ0) is 21.2. The quantitative estimate of drug-likeness (QED) is 0.765. The Morgan fingerprint density at radius 3 is 2.53 bits per heavy atom. The highest BCUT2D eigenvalue weighted by Crippen LogP contribution is 2.55. The van der Waals surface area contributed by atoms with Crippen LogP contribution in [0.1, 0.15) is 25.5 Å². The Balaban J connectivity index is 1.57. The zero-order valence-corrected chi connectivity index (χ0v) is 16.9. The van der Waals surface area contributed by atoms with Gasteiger partial charge in [-0.25, -0.2) is 9.36 Å². The number of aromatic nitrogens is 3. The fraction of sp³-hybridized carbons (Fsp3) is 0.579. The molecule has 160 valence electrons. The molecule has 0 radical (unpaired) electrons. The summed E-state index contributed by atoms with van der Waals surface area (Å²) in [7, 11) is 0. The number of anilines is 2. The van der Waals surface area contributed by atoms with Crippen LogP contribution in [-0.4, -0.2) is 51.1 Å². The Bertz CT molecular complexity index is 971. The molecule has 4 atom stereocenters. The molecule has 1 N–H and O–H groups in total. The number of hydrogen-bond acceptors (Lipinski definition) is 7. The van der Waals surface area contributed by atoms with Crippen LogP contribution in [0.2, 0.25) is 0 Å². The van der Waals surface area contributed by atoms with Crippen molar-refractivity contribution >= 4 is 29.3 Å². The maximum absolute atomic E-state index is 14.1. The van der Waals surface area contributed by atoms with Gasteiger partial charge in [-0.2, -0.15) is 18.2 Å². The van der Waals surface area contributed by atoms with Gasteiger partial charge in [0.2, 0.25) is 5.95 Å². The Morgan fingerprint density at radius 1 is 1.30 bits per heavy atom. The highest BCUT2D eigenvalue weighted by molar-refractivity contribution is 7.03. The van der Waals surface area contributed by atoms with Gasteiger partial charge in [-0.15, -0.1) is 0 Å². The molecule has 2 saturated heterocycles. The third kappa shape index (κ3) is 3.19. The molecule has 0 unspecified atom stereocenters. The molecule has 1 saturated carbocycles. The van der Waals surface area contributed by atoms with Crippen molar-refractivity contribution in [3.05, 3.63) is 17.3 Å². The van der Waals surface area contributed by atoms with Crippen LogP contribution in [0.4, 0.5) is 24.9 Å². The van der Waals surface area contributed by atoms with Gasteiger partial charge >= 0.3 is 12.1 Å². The van der Waals surface area contributed by atoms with Crippen LogP contribution in [0.15, 0.2) is 11.6 Å². The summed E-state index contributed by atoms with van der Waals surface area (Å²) < 4.78 is 46.1. The SMILES string of the molecule is C[C@H]1CCN1c1nc(N2C[C@@H]3[C@@H](CC(=O)O)[C@@H]3C2)c(-c2cnsc2)c(C(F)(F)F)n1. The van der Waals surface area contributed by atoms with Crippen molar-refractivity contribution in [3.8, 4) is 11.1 Å². The zero-order valence-electron chi connectivity index (χ0n) is 16.1. The van der Waals surface area contributed by atoms with E-state index < -0.39 is 17.8 Å². The van der Waals surface area contributed by atoms with Gasteiger partial charge in [0.05, 0.1) is 5.56 Å². The summed E-state index contributed by atoms with van der Waals surface area (Å²) in [4.78, 5) is 23.2. The van der Waals surface area contributed by atoms with E-state index in [1.807, 2.05) is 11.8 Å². The number of carboxylic acids is 1. The highest BCUT2D eigenvalue weighted by atomic mass is 32.1. The summed E-state index contributed by atoms with van der Waals surface area (Å²) in [5.41, 5.74) is -0.623. The van der Waals surface area contributed by atoms with Crippen molar-refractivity contribution in [1.82, 2.24) is 14.3 Å². The number of hydrogen-bond donors (Lipinski definition) is 1. The van der Waals surface area contributed by atoms with Crippen LogP contribution in [0, 0.1) is 17.8 Å². The first-order chi connectivity index (χ1) is 14.2. The van der Waals surface area contributed by atoms with Gasteiger partial charge in [0.1, 0.15) is 5.82 Å². The second-order valence-corrected chi connectivity index (χ2v) is 8.96. The monoisotopic (exact) mass is 439 g/mol. The summed E-state index contributed by atoms with van der Waals surface area (Å²) in [6, 6.07) is 0.0968. The minimum absolute atomic E-state index is 0.0377. The maximum atomic E-state index is 14.1. The van der Waals surface area contributed by atoms with Gasteiger partial charge in [-0.3, -0.25) is 4.79 Å². The number of carbonyl (C=O) groups is 1. The number of aliphatic carboxylic acids is 1. The number of nitrogens with zero attached hydrogens (tertiary/aromatic N) is 5. The van der Waals surface area contributed by atoms with Gasteiger partial charge in [-0.05, 0) is 42.6 Å². The molecule has 0 spiro atoms. The molecule has 0 amide bonds. The van der Waals surface area contributed by atoms with E-state index in [-0.39, 0.29) is 47.5 Å². The molecular formula is C19H20F3N5O2S. The van der Waals surface area contributed by atoms with Crippen molar-refractivity contribution in [1.29, 1.82) is 0 Å². The van der Waals surface area contributed by atoms with Crippen molar-refractivity contribution in [2.45, 2.75) is 32.0 Å². The van der Waals surface area contributed by atoms with Crippen molar-refractivity contribution < 1.29 is 23.1 Å². The molecule has 5 rings (SSSR count). The number of fused-ring (bicyclic) bond motifs is 1. The van der Waals surface area contributed by atoms with E-state index in [1.165, 1.54) is 6.20 Å². The van der Waals surface area contributed by atoms with E-state index in [1.54, 1.807) is 10.3 Å². The summed E-state index contributed by atoms with van der Waals surface area (Å²) in [6.45, 7) is 3.59. The lowest BCUT2D eigenvalue weighted by molar-refractivity contribution is -0.140. The van der Waals surface area contributed by atoms with Crippen molar-refractivity contribution in [3.63, 3.8) is 0 Å². The molecule has 3 fully saturated rings. The minimum atomic E-state index is -4.63. The Hall–Kier alpha value is -2.43. The first-order valence-electron chi connectivity index (χ1n) is 9.86. The second kappa shape index (κ2) is 6.79. The minimum Gasteiger partial charge on any atom is -0.481 e. The fourth-order valence-corrected chi connectivity index (χ4v) is 5.26. The molecule has 11 heteroatoms. The second-order valence-electron chi connectivity index (χ2n) is 8.31. The molecule has 0 bridgehead atoms. The summed E-state index contributed by atoms with van der Waals surface area (Å²) in [5, 5.41) is 10.6. The van der Waals surface area contributed by atoms with Gasteiger partial charge in [0.15, 0.2) is 5.69 Å². The van der Waals surface area contributed by atoms with E-state index in [9.17, 15) is 18.0 Å². The molecule has 0 aromatic carbocycles. The first kappa shape index (κ1) is 19.5. The standard InChI is InChI=1S/C19H20F3N5O2S/c1-9-2-3-27(9)18-24-16(19(20,21)22)15(10-5-23-30-8-10)17(25-18)26-6-12-11(4-14(28)29)13(12)7-26/h5,8-9,11-13H,2-4,6-7H2,1H3,(H,28,29)/t9-,11-,12-,13+/m0/s1. The normalized spacial score (nSPS) is 27.7. The van der Waals surface area contributed by atoms with Crippen LogP contribution in [0.5, 0.6) is 0 Å². The summed E-state index contributed by atoms with van der Waals surface area (Å²) in [6.07, 6.45) is -2.22. The molecule has 3 aliphatic rings. The molecule has 1 aliphatic carbocycles. The highest BCUT2D eigenvalue weighted by Gasteiger charge is 2.57. The molecule has 2 aromatic rings. The first-order valence-corrected chi connectivity index (χ1v) is 10.7. The van der Waals surface area contributed by atoms with E-state index in [4.69, 9.17) is 5.11 Å². The van der Waals surface area contributed by atoms with Gasteiger partial charge < -0.3 is 14.9 Å². The third-order valence-corrected chi connectivity index (χ3v) is 7.11. The molecule has 30 heavy (non-hydrogen) atoms. The predicted molar refractivity (Wildman–Crippen MR) is 105 cm³/mol. The summed E-state index contributed by atoms with van der Waals surface area (Å²) >= 11 is 1.08. The van der Waals surface area contributed by atoms with Crippen LogP contribution >= 0.6 is 11.5 Å². The van der Waals surface area contributed by atoms with Gasteiger partial charge in [0.25, 0.3) is 0 Å². The molecule has 2 aromatic heterocycles. The average molecular weight is 439 g/mol. The lowest BCUT2D eigenvalue weighted by atomic mass is 10.1. The van der Waals surface area contributed by atoms with E-state index in [0.29, 0.717) is 25.2 Å². The Labute approximate surface area is 174 Å². The lowest BCUT2D eigenvalue weighted by Gasteiger charge is -2.39. The summed E-state index contributed by atoms with van der Waals surface area (Å²) in [5.74, 6) is 0.0132. The van der Waals surface area contributed by atoms with E-state index in [0.717, 1.165) is 18.0 Å². The van der Waals surface area contributed by atoms with Gasteiger partial charge in [-0.1, -0.05) is 0 Å². The van der Waals surface area contributed by atoms with Crippen LogP contribution in [0.25, 0.3) is 11.1 Å². The fourth-order valence-electron chi connectivity index (χ4n) is 4.73. The topological polar surface area (TPSA) is 82.5 Å². The molecule has 4 heterocycles. The average Bonchev–Trinajstić information content (AvgIpc) is 3.11. The predicted octanol–water partition coefficient (Wildman–Crippen LogP) is 3.37. The number of halogens is 3. The number of rotatable bonds is 5. The number of alkyl halides is 3. The Kier molecular flexibility index (Phi) is 4.42. The van der Waals surface area contributed by atoms with E-state index >= 15 is 0 Å². The molecular weight excluding hydrogens is 419 g/mol. The van der Waals surface area contributed by atoms with Crippen molar-refractivity contribution in [2.75, 3.05) is 29.4 Å². The van der Waals surface area contributed by atoms with Crippen LogP contribution in [-0.2, 0) is 11.0 Å². The van der Waals surface area contributed by atoms with Crippen molar-refractivity contribution in [2.24, 2.45) is 17.8 Å². The number of carboxylic acid groups (broad SMARTS) is 1. The maximum Gasteiger partial charge on any atom is 0.434 e. The van der Waals surface area contributed by atoms with Gasteiger partial charge in [0, 0.05) is 49.2 Å². The van der Waals surface area contributed by atoms with E-state index in [2.05, 4.69) is 14.3 Å². The van der Waals surface area contributed by atoms with Crippen LogP contribution < -0.4 is 9.80 Å². The Morgan fingerprint density at radius 2 is 2.03 bits per heavy atom. The smallest absolute Gasteiger partial charge is 0.434 e. The lowest BCUT2D eigenvalue weighted by Crippen LogP contribution is -2.47. The largest absolute Gasteiger partial charge is 0.481 e. The molecule has 2 aliphatic heterocycles. The number of piperidine rings is 1. The third-order valence-electron chi connectivity index (χ3n) is 6.53. The van der Waals surface area contributed by atoms with Crippen LogP contribution in [0.3, 0.4) is 0 Å².